The van der Waals surface area contributed by atoms with Crippen molar-refractivity contribution in [2.75, 3.05) is 32.1 Å². The second-order valence-electron chi connectivity index (χ2n) is 4.62. The lowest BCUT2D eigenvalue weighted by Gasteiger charge is -2.28. The summed E-state index contributed by atoms with van der Waals surface area (Å²) in [6, 6.07) is 1.89. The molecule has 5 nitrogen and oxygen atoms in total. The molecule has 17 heavy (non-hydrogen) atoms. The molecule has 2 rings (SSSR count). The summed E-state index contributed by atoms with van der Waals surface area (Å²) in [6.45, 7) is 4.53. The maximum absolute atomic E-state index is 5.30. The lowest BCUT2D eigenvalue weighted by molar-refractivity contribution is 0.127. The van der Waals surface area contributed by atoms with Gasteiger partial charge in [-0.15, -0.1) is 0 Å². The minimum Gasteiger partial charge on any atom is -0.383 e. The van der Waals surface area contributed by atoms with Crippen LogP contribution in [0.2, 0.25) is 0 Å². The monoisotopic (exact) mass is 236 g/mol. The molecule has 0 amide bonds. The molecule has 1 unspecified atom stereocenters. The molecule has 1 aliphatic rings. The molecule has 94 valence electrons. The van der Waals surface area contributed by atoms with E-state index >= 15 is 0 Å². The van der Waals surface area contributed by atoms with Crippen LogP contribution in [0.5, 0.6) is 0 Å². The molecular formula is C12H20N4O. The van der Waals surface area contributed by atoms with Crippen molar-refractivity contribution in [1.29, 1.82) is 0 Å². The first-order valence-corrected chi connectivity index (χ1v) is 6.02. The van der Waals surface area contributed by atoms with Crippen LogP contribution in [-0.2, 0) is 4.74 Å². The fourth-order valence-electron chi connectivity index (χ4n) is 2.25. The van der Waals surface area contributed by atoms with Crippen molar-refractivity contribution in [3.63, 3.8) is 0 Å². The number of rotatable bonds is 5. The zero-order chi connectivity index (χ0) is 12.1. The van der Waals surface area contributed by atoms with Gasteiger partial charge in [0.05, 0.1) is 12.1 Å². The highest BCUT2D eigenvalue weighted by Gasteiger charge is 2.33. The highest BCUT2D eigenvalue weighted by atomic mass is 16.5. The van der Waals surface area contributed by atoms with Crippen LogP contribution in [0, 0.1) is 6.92 Å². The Morgan fingerprint density at radius 2 is 2.47 bits per heavy atom. The van der Waals surface area contributed by atoms with E-state index in [4.69, 9.17) is 4.74 Å². The van der Waals surface area contributed by atoms with Gasteiger partial charge >= 0.3 is 0 Å². The standard InChI is InChI=1S/C12H20N4O/c1-10-4-7-13-11(16-10)14-8-12(9-17-2)5-3-6-15-12/h4,7,15H,3,5-6,8-9H2,1-2H3,(H,13,14,16). The number of aromatic nitrogens is 2. The SMILES string of the molecule is COCC1(CNc2nccc(C)n2)CCCN1. The van der Waals surface area contributed by atoms with Crippen LogP contribution in [0.15, 0.2) is 12.3 Å². The highest BCUT2D eigenvalue weighted by Crippen LogP contribution is 2.20. The van der Waals surface area contributed by atoms with Crippen LogP contribution in [0.25, 0.3) is 0 Å². The summed E-state index contributed by atoms with van der Waals surface area (Å²) in [5.41, 5.74) is 1.00. The average Bonchev–Trinajstić information content (AvgIpc) is 2.76. The van der Waals surface area contributed by atoms with Gasteiger partial charge in [0.15, 0.2) is 0 Å². The van der Waals surface area contributed by atoms with Crippen LogP contribution in [0.1, 0.15) is 18.5 Å². The van der Waals surface area contributed by atoms with Crippen LogP contribution in [0.4, 0.5) is 5.95 Å². The van der Waals surface area contributed by atoms with Gasteiger partial charge in [-0.05, 0) is 32.4 Å². The summed E-state index contributed by atoms with van der Waals surface area (Å²) in [5.74, 6) is 0.689. The molecule has 1 atom stereocenters. The summed E-state index contributed by atoms with van der Waals surface area (Å²) < 4.78 is 5.30. The maximum atomic E-state index is 5.30. The van der Waals surface area contributed by atoms with Crippen molar-refractivity contribution in [3.8, 4) is 0 Å². The molecular weight excluding hydrogens is 216 g/mol. The second kappa shape index (κ2) is 5.42. The Morgan fingerprint density at radius 3 is 3.12 bits per heavy atom. The third-order valence-corrected chi connectivity index (χ3v) is 3.13. The molecule has 0 radical (unpaired) electrons. The molecule has 1 aromatic rings. The zero-order valence-corrected chi connectivity index (χ0v) is 10.5. The van der Waals surface area contributed by atoms with Crippen molar-refractivity contribution in [1.82, 2.24) is 15.3 Å². The van der Waals surface area contributed by atoms with Gasteiger partial charge in [0.25, 0.3) is 0 Å². The maximum Gasteiger partial charge on any atom is 0.222 e. The van der Waals surface area contributed by atoms with Gasteiger partial charge in [-0.25, -0.2) is 9.97 Å². The van der Waals surface area contributed by atoms with Gasteiger partial charge in [0.1, 0.15) is 0 Å². The Balaban J connectivity index is 1.95. The minimum absolute atomic E-state index is 0.0296. The number of hydrogen-bond acceptors (Lipinski definition) is 5. The Labute approximate surface area is 102 Å². The Bertz CT molecular complexity index is 363. The Kier molecular flexibility index (Phi) is 3.91. The molecule has 0 aromatic carbocycles. The number of anilines is 1. The molecule has 0 bridgehead atoms. The predicted molar refractivity (Wildman–Crippen MR) is 67.1 cm³/mol. The smallest absolute Gasteiger partial charge is 0.222 e. The van der Waals surface area contributed by atoms with Crippen LogP contribution in [-0.4, -0.2) is 42.3 Å². The van der Waals surface area contributed by atoms with E-state index in [1.807, 2.05) is 13.0 Å². The normalized spacial score (nSPS) is 23.9. The van der Waals surface area contributed by atoms with Crippen LogP contribution >= 0.6 is 0 Å². The molecule has 0 aliphatic carbocycles. The summed E-state index contributed by atoms with van der Waals surface area (Å²) in [7, 11) is 1.74. The molecule has 1 aromatic heterocycles. The minimum atomic E-state index is 0.0296. The third kappa shape index (κ3) is 3.14. The van der Waals surface area contributed by atoms with E-state index in [0.717, 1.165) is 25.2 Å². The largest absolute Gasteiger partial charge is 0.383 e. The summed E-state index contributed by atoms with van der Waals surface area (Å²) in [5, 5.41) is 6.80. The lowest BCUT2D eigenvalue weighted by Crippen LogP contribution is -2.49. The number of hydrogen-bond donors (Lipinski definition) is 2. The van der Waals surface area contributed by atoms with Gasteiger partial charge in [-0.1, -0.05) is 0 Å². The van der Waals surface area contributed by atoms with Gasteiger partial charge in [-0.2, -0.15) is 0 Å². The van der Waals surface area contributed by atoms with Gasteiger partial charge in [0, 0.05) is 25.5 Å². The number of ether oxygens (including phenoxy) is 1. The predicted octanol–water partition coefficient (Wildman–Crippen LogP) is 0.966. The second-order valence-corrected chi connectivity index (χ2v) is 4.62. The van der Waals surface area contributed by atoms with E-state index in [2.05, 4.69) is 20.6 Å². The fourth-order valence-corrected chi connectivity index (χ4v) is 2.25. The quantitative estimate of drug-likeness (QED) is 0.797. The zero-order valence-electron chi connectivity index (χ0n) is 10.5. The molecule has 2 heterocycles. The van der Waals surface area contributed by atoms with Crippen molar-refractivity contribution in [3.05, 3.63) is 18.0 Å². The van der Waals surface area contributed by atoms with Crippen molar-refractivity contribution in [2.24, 2.45) is 0 Å². The molecule has 1 fully saturated rings. The topological polar surface area (TPSA) is 59.1 Å². The lowest BCUT2D eigenvalue weighted by atomic mass is 9.99. The summed E-state index contributed by atoms with van der Waals surface area (Å²) in [6.07, 6.45) is 4.09. The van der Waals surface area contributed by atoms with E-state index in [1.165, 1.54) is 6.42 Å². The average molecular weight is 236 g/mol. The van der Waals surface area contributed by atoms with Crippen molar-refractivity contribution < 1.29 is 4.74 Å². The van der Waals surface area contributed by atoms with E-state index in [1.54, 1.807) is 13.3 Å². The first kappa shape index (κ1) is 12.3. The van der Waals surface area contributed by atoms with E-state index < -0.39 is 0 Å². The molecule has 1 saturated heterocycles. The third-order valence-electron chi connectivity index (χ3n) is 3.13. The number of aryl methyl sites for hydroxylation is 1. The first-order chi connectivity index (χ1) is 8.24. The first-order valence-electron chi connectivity index (χ1n) is 6.02. The van der Waals surface area contributed by atoms with Crippen LogP contribution < -0.4 is 10.6 Å². The Hall–Kier alpha value is -1.20. The Morgan fingerprint density at radius 1 is 1.59 bits per heavy atom. The van der Waals surface area contributed by atoms with Gasteiger partial charge in [0.2, 0.25) is 5.95 Å². The molecule has 5 heteroatoms. The number of nitrogens with zero attached hydrogens (tertiary/aromatic N) is 2. The molecule has 0 spiro atoms. The molecule has 2 N–H and O–H groups in total. The number of methoxy groups -OCH3 is 1. The van der Waals surface area contributed by atoms with E-state index in [9.17, 15) is 0 Å². The van der Waals surface area contributed by atoms with Crippen LogP contribution in [0.3, 0.4) is 0 Å². The highest BCUT2D eigenvalue weighted by molar-refractivity contribution is 5.26. The molecule has 1 aliphatic heterocycles. The summed E-state index contributed by atoms with van der Waals surface area (Å²) >= 11 is 0. The van der Waals surface area contributed by atoms with Crippen molar-refractivity contribution in [2.45, 2.75) is 25.3 Å². The summed E-state index contributed by atoms with van der Waals surface area (Å²) in [4.78, 5) is 8.54. The van der Waals surface area contributed by atoms with Crippen molar-refractivity contribution >= 4 is 5.95 Å². The molecule has 0 saturated carbocycles. The number of nitrogens with one attached hydrogen (secondary N) is 2. The van der Waals surface area contributed by atoms with E-state index in [-0.39, 0.29) is 5.54 Å². The van der Waals surface area contributed by atoms with Gasteiger partial charge < -0.3 is 15.4 Å². The van der Waals surface area contributed by atoms with E-state index in [0.29, 0.717) is 12.6 Å². The van der Waals surface area contributed by atoms with Gasteiger partial charge in [-0.3, -0.25) is 0 Å². The fraction of sp³-hybridized carbons (Fsp3) is 0.667.